The van der Waals surface area contributed by atoms with Gasteiger partial charge in [-0.2, -0.15) is 0 Å². The number of benzene rings is 1. The molecule has 9 heteroatoms. The quantitative estimate of drug-likeness (QED) is 0.261. The highest BCUT2D eigenvalue weighted by molar-refractivity contribution is 14.1. The van der Waals surface area contributed by atoms with Gasteiger partial charge >= 0.3 is 0 Å². The van der Waals surface area contributed by atoms with Gasteiger partial charge in [0.25, 0.3) is 0 Å². The van der Waals surface area contributed by atoms with Crippen molar-refractivity contribution in [3.8, 4) is 5.75 Å². The van der Waals surface area contributed by atoms with Gasteiger partial charge in [-0.1, -0.05) is 26.0 Å². The summed E-state index contributed by atoms with van der Waals surface area (Å²) in [5.74, 6) is -0.118. The SMILES string of the molecule is CCOCCCN(C(=O)C(C)C)C1CC(C(=O)NCCO)=CC(Oc2ccccc2I)C1O. The largest absolute Gasteiger partial charge is 0.482 e. The minimum Gasteiger partial charge on any atom is -0.482 e. The molecule has 0 aromatic heterocycles. The van der Waals surface area contributed by atoms with Crippen molar-refractivity contribution in [2.75, 3.05) is 32.9 Å². The molecule has 0 saturated carbocycles. The zero-order chi connectivity index (χ0) is 24.4. The second kappa shape index (κ2) is 13.9. The third-order valence-electron chi connectivity index (χ3n) is 5.38. The molecule has 2 amide bonds. The van der Waals surface area contributed by atoms with E-state index < -0.39 is 18.2 Å². The summed E-state index contributed by atoms with van der Waals surface area (Å²) in [6, 6.07) is 6.79. The van der Waals surface area contributed by atoms with Crippen LogP contribution in [-0.4, -0.2) is 78.1 Å². The Hall–Kier alpha value is -1.69. The van der Waals surface area contributed by atoms with E-state index in [-0.39, 0.29) is 37.3 Å². The van der Waals surface area contributed by atoms with Crippen molar-refractivity contribution < 1.29 is 29.3 Å². The van der Waals surface area contributed by atoms with E-state index in [1.165, 1.54) is 0 Å². The van der Waals surface area contributed by atoms with Gasteiger partial charge in [-0.3, -0.25) is 9.59 Å². The number of nitrogens with one attached hydrogen (secondary N) is 1. The van der Waals surface area contributed by atoms with E-state index >= 15 is 0 Å². The molecule has 0 bridgehead atoms. The number of rotatable bonds is 12. The summed E-state index contributed by atoms with van der Waals surface area (Å²) in [7, 11) is 0. The third kappa shape index (κ3) is 7.94. The molecule has 1 aliphatic rings. The molecule has 3 N–H and O–H groups in total. The number of hydrogen-bond acceptors (Lipinski definition) is 6. The topological polar surface area (TPSA) is 108 Å². The van der Waals surface area contributed by atoms with Crippen LogP contribution in [0.5, 0.6) is 5.75 Å². The van der Waals surface area contributed by atoms with E-state index in [4.69, 9.17) is 14.6 Å². The van der Waals surface area contributed by atoms with Crippen molar-refractivity contribution in [3.05, 3.63) is 39.5 Å². The lowest BCUT2D eigenvalue weighted by Gasteiger charge is -2.41. The third-order valence-corrected chi connectivity index (χ3v) is 6.27. The van der Waals surface area contributed by atoms with Crippen LogP contribution in [0.15, 0.2) is 35.9 Å². The van der Waals surface area contributed by atoms with Crippen LogP contribution in [0, 0.1) is 9.49 Å². The number of carbonyl (C=O) groups is 2. The molecule has 2 rings (SSSR count). The smallest absolute Gasteiger partial charge is 0.247 e. The molecule has 8 nitrogen and oxygen atoms in total. The molecule has 184 valence electrons. The molecule has 0 heterocycles. The maximum atomic E-state index is 13.1. The van der Waals surface area contributed by atoms with Crippen LogP contribution in [0.2, 0.25) is 0 Å². The number of carbonyl (C=O) groups excluding carboxylic acids is 2. The van der Waals surface area contributed by atoms with Crippen LogP contribution in [0.1, 0.15) is 33.6 Å². The van der Waals surface area contributed by atoms with Gasteiger partial charge in [0, 0.05) is 44.2 Å². The van der Waals surface area contributed by atoms with Crippen LogP contribution >= 0.6 is 22.6 Å². The lowest BCUT2D eigenvalue weighted by molar-refractivity contribution is -0.142. The highest BCUT2D eigenvalue weighted by Crippen LogP contribution is 2.30. The Bertz CT molecular complexity index is 816. The van der Waals surface area contributed by atoms with Crippen molar-refractivity contribution in [3.63, 3.8) is 0 Å². The molecule has 3 atom stereocenters. The van der Waals surface area contributed by atoms with E-state index in [9.17, 15) is 14.7 Å². The van der Waals surface area contributed by atoms with Crippen LogP contribution < -0.4 is 10.1 Å². The van der Waals surface area contributed by atoms with E-state index in [0.717, 1.165) is 3.57 Å². The Balaban J connectivity index is 2.35. The summed E-state index contributed by atoms with van der Waals surface area (Å²) in [5.41, 5.74) is 0.418. The van der Waals surface area contributed by atoms with Crippen molar-refractivity contribution in [1.29, 1.82) is 0 Å². The number of nitrogens with zero attached hydrogens (tertiary/aromatic N) is 1. The number of amides is 2. The van der Waals surface area contributed by atoms with Crippen LogP contribution in [0.25, 0.3) is 0 Å². The minimum absolute atomic E-state index is 0.0967. The Labute approximate surface area is 209 Å². The predicted molar refractivity (Wildman–Crippen MR) is 134 cm³/mol. The first-order valence-corrected chi connectivity index (χ1v) is 12.4. The van der Waals surface area contributed by atoms with Gasteiger partial charge in [0.05, 0.1) is 16.2 Å². The monoisotopic (exact) mass is 574 g/mol. The number of ether oxygens (including phenoxy) is 2. The molecule has 3 unspecified atom stereocenters. The van der Waals surface area contributed by atoms with E-state index in [2.05, 4.69) is 27.9 Å². The Morgan fingerprint density at radius 1 is 1.30 bits per heavy atom. The number of hydrogen-bond donors (Lipinski definition) is 3. The fourth-order valence-corrected chi connectivity index (χ4v) is 4.23. The molecule has 1 aliphatic carbocycles. The summed E-state index contributed by atoms with van der Waals surface area (Å²) < 4.78 is 12.4. The fourth-order valence-electron chi connectivity index (χ4n) is 3.72. The Morgan fingerprint density at radius 3 is 2.67 bits per heavy atom. The lowest BCUT2D eigenvalue weighted by atomic mass is 9.87. The van der Waals surface area contributed by atoms with Crippen molar-refractivity contribution in [2.45, 2.75) is 51.9 Å². The Kier molecular flexibility index (Phi) is 11.6. The molecule has 0 saturated heterocycles. The highest BCUT2D eigenvalue weighted by atomic mass is 127. The Morgan fingerprint density at radius 2 is 2.03 bits per heavy atom. The molecule has 1 aromatic rings. The lowest BCUT2D eigenvalue weighted by Crippen LogP contribution is -2.56. The summed E-state index contributed by atoms with van der Waals surface area (Å²) in [6.07, 6.45) is 0.592. The first kappa shape index (κ1) is 27.6. The number of aliphatic hydroxyl groups is 2. The summed E-state index contributed by atoms with van der Waals surface area (Å²) >= 11 is 2.15. The molecule has 0 aliphatic heterocycles. The fraction of sp³-hybridized carbons (Fsp3) is 0.583. The maximum absolute atomic E-state index is 13.1. The summed E-state index contributed by atoms with van der Waals surface area (Å²) in [5, 5.41) is 23.0. The van der Waals surface area contributed by atoms with Crippen molar-refractivity contribution in [1.82, 2.24) is 10.2 Å². The van der Waals surface area contributed by atoms with Crippen LogP contribution in [0.4, 0.5) is 0 Å². The summed E-state index contributed by atoms with van der Waals surface area (Å²) in [6.45, 7) is 6.99. The summed E-state index contributed by atoms with van der Waals surface area (Å²) in [4.78, 5) is 27.5. The van der Waals surface area contributed by atoms with Gasteiger partial charge in [-0.05, 0) is 54.1 Å². The first-order valence-electron chi connectivity index (χ1n) is 11.4. The van der Waals surface area contributed by atoms with Gasteiger partial charge in [-0.25, -0.2) is 0 Å². The maximum Gasteiger partial charge on any atom is 0.247 e. The standard InChI is InChI=1S/C24H35IN2O6/c1-4-32-13-7-11-27(24(31)16(2)3)19-14-17(23(30)26-10-12-28)15-21(22(19)29)33-20-9-6-5-8-18(20)25/h5-6,8-9,15-16,19,21-22,28-29H,4,7,10-14H2,1-3H3,(H,26,30). The molecule has 0 fully saturated rings. The zero-order valence-electron chi connectivity index (χ0n) is 19.5. The second-order valence-electron chi connectivity index (χ2n) is 8.18. The second-order valence-corrected chi connectivity index (χ2v) is 9.35. The highest BCUT2D eigenvalue weighted by Gasteiger charge is 2.40. The molecule has 0 spiro atoms. The van der Waals surface area contributed by atoms with Crippen LogP contribution in [-0.2, 0) is 14.3 Å². The average molecular weight is 574 g/mol. The number of aliphatic hydroxyl groups excluding tert-OH is 2. The van der Waals surface area contributed by atoms with Gasteiger partial charge in [-0.15, -0.1) is 0 Å². The van der Waals surface area contributed by atoms with Crippen molar-refractivity contribution in [2.24, 2.45) is 5.92 Å². The predicted octanol–water partition coefficient (Wildman–Crippen LogP) is 2.12. The molecule has 0 radical (unpaired) electrons. The van der Waals surface area contributed by atoms with Gasteiger partial charge < -0.3 is 29.9 Å². The molecule has 1 aromatic carbocycles. The molecular weight excluding hydrogens is 539 g/mol. The van der Waals surface area contributed by atoms with Crippen molar-refractivity contribution >= 4 is 34.4 Å². The normalized spacial score (nSPS) is 20.3. The van der Waals surface area contributed by atoms with E-state index in [0.29, 0.717) is 37.5 Å². The van der Waals surface area contributed by atoms with Gasteiger partial charge in [0.2, 0.25) is 11.8 Å². The average Bonchev–Trinajstić information content (AvgIpc) is 2.80. The molecular formula is C24H35IN2O6. The molecule has 33 heavy (non-hydrogen) atoms. The van der Waals surface area contributed by atoms with Gasteiger partial charge in [0.1, 0.15) is 18.0 Å². The van der Waals surface area contributed by atoms with E-state index in [1.54, 1.807) is 17.0 Å². The van der Waals surface area contributed by atoms with E-state index in [1.807, 2.05) is 39.0 Å². The minimum atomic E-state index is -1.02. The zero-order valence-corrected chi connectivity index (χ0v) is 21.7. The first-order chi connectivity index (χ1) is 15.8. The van der Waals surface area contributed by atoms with Gasteiger partial charge in [0.15, 0.2) is 0 Å². The number of para-hydroxylation sites is 1. The number of halogens is 1. The van der Waals surface area contributed by atoms with Crippen LogP contribution in [0.3, 0.4) is 0 Å².